The van der Waals surface area contributed by atoms with Gasteiger partial charge in [-0.25, -0.2) is 0 Å². The zero-order chi connectivity index (χ0) is 19.4. The highest BCUT2D eigenvalue weighted by Gasteiger charge is 2.05. The van der Waals surface area contributed by atoms with Crippen LogP contribution >= 0.6 is 0 Å². The maximum absolute atomic E-state index is 3.26. The molecule has 3 rings (SSSR count). The van der Waals surface area contributed by atoms with Gasteiger partial charge in [-0.1, -0.05) is 92.6 Å². The standard InChI is InChI=1S/C28H26/c1-2-3-4-7-17-25-21-22-27(28(23-25)26-18-10-6-11-19-26)20-13-12-16-24-14-8-5-9-15-24/h5-6,8-11,14-15,18-19,21-23H,2-4,7,17H2,1H3. The molecule has 0 unspecified atom stereocenters. The third-order valence-electron chi connectivity index (χ3n) is 4.73. The Bertz CT molecular complexity index is 990. The van der Waals surface area contributed by atoms with E-state index in [1.54, 1.807) is 0 Å². The van der Waals surface area contributed by atoms with E-state index in [1.165, 1.54) is 42.4 Å². The molecule has 0 saturated carbocycles. The van der Waals surface area contributed by atoms with Gasteiger partial charge >= 0.3 is 0 Å². The number of rotatable bonds is 6. The Morgan fingerprint density at radius 1 is 0.679 bits per heavy atom. The van der Waals surface area contributed by atoms with Gasteiger partial charge in [-0.05, 0) is 65.6 Å². The fourth-order valence-electron chi connectivity index (χ4n) is 3.19. The summed E-state index contributed by atoms with van der Waals surface area (Å²) < 4.78 is 0. The van der Waals surface area contributed by atoms with Gasteiger partial charge in [-0.2, -0.15) is 0 Å². The molecule has 0 radical (unpaired) electrons. The van der Waals surface area contributed by atoms with Crippen LogP contribution in [-0.4, -0.2) is 0 Å². The average molecular weight is 363 g/mol. The van der Waals surface area contributed by atoms with Crippen LogP contribution in [0, 0.1) is 23.7 Å². The summed E-state index contributed by atoms with van der Waals surface area (Å²) in [4.78, 5) is 0. The minimum Gasteiger partial charge on any atom is -0.0654 e. The predicted molar refractivity (Wildman–Crippen MR) is 120 cm³/mol. The lowest BCUT2D eigenvalue weighted by Gasteiger charge is -2.09. The van der Waals surface area contributed by atoms with Crippen LogP contribution in [0.1, 0.15) is 49.3 Å². The number of unbranched alkanes of at least 4 members (excludes halogenated alkanes) is 3. The van der Waals surface area contributed by atoms with E-state index in [2.05, 4.69) is 79.1 Å². The van der Waals surface area contributed by atoms with Crippen LogP contribution in [0.25, 0.3) is 11.1 Å². The largest absolute Gasteiger partial charge is 0.0654 e. The van der Waals surface area contributed by atoms with Crippen molar-refractivity contribution < 1.29 is 0 Å². The quantitative estimate of drug-likeness (QED) is 0.331. The number of benzene rings is 3. The van der Waals surface area contributed by atoms with Crippen molar-refractivity contribution in [3.05, 3.63) is 95.6 Å². The van der Waals surface area contributed by atoms with Crippen molar-refractivity contribution in [1.29, 1.82) is 0 Å². The van der Waals surface area contributed by atoms with E-state index in [4.69, 9.17) is 0 Å². The zero-order valence-corrected chi connectivity index (χ0v) is 16.5. The second kappa shape index (κ2) is 10.8. The zero-order valence-electron chi connectivity index (χ0n) is 16.5. The van der Waals surface area contributed by atoms with Crippen LogP contribution in [-0.2, 0) is 6.42 Å². The van der Waals surface area contributed by atoms with Crippen LogP contribution in [0.3, 0.4) is 0 Å². The lowest BCUT2D eigenvalue weighted by Crippen LogP contribution is -1.91. The Kier molecular flexibility index (Phi) is 7.55. The molecule has 3 aromatic carbocycles. The molecule has 0 aromatic heterocycles. The Hall–Kier alpha value is -3.22. The van der Waals surface area contributed by atoms with E-state index < -0.39 is 0 Å². The molecule has 138 valence electrons. The van der Waals surface area contributed by atoms with Gasteiger partial charge in [0, 0.05) is 11.1 Å². The van der Waals surface area contributed by atoms with Crippen LogP contribution in [0.5, 0.6) is 0 Å². The minimum atomic E-state index is 0.988. The molecule has 3 aromatic rings. The van der Waals surface area contributed by atoms with Crippen LogP contribution in [0.4, 0.5) is 0 Å². The van der Waals surface area contributed by atoms with Crippen molar-refractivity contribution in [3.63, 3.8) is 0 Å². The molecule has 0 heterocycles. The lowest BCUT2D eigenvalue weighted by atomic mass is 9.95. The van der Waals surface area contributed by atoms with Crippen molar-refractivity contribution in [2.45, 2.75) is 39.0 Å². The SMILES string of the molecule is CCCCCCc1ccc(C#CC#Cc2ccccc2)c(-c2ccccc2)c1. The summed E-state index contributed by atoms with van der Waals surface area (Å²) in [6.45, 7) is 2.25. The summed E-state index contributed by atoms with van der Waals surface area (Å²) in [5.41, 5.74) is 5.81. The Balaban J connectivity index is 1.84. The topological polar surface area (TPSA) is 0 Å². The first kappa shape index (κ1) is 19.5. The molecule has 0 amide bonds. The monoisotopic (exact) mass is 362 g/mol. The van der Waals surface area contributed by atoms with Crippen LogP contribution in [0.15, 0.2) is 78.9 Å². The third-order valence-corrected chi connectivity index (χ3v) is 4.73. The van der Waals surface area contributed by atoms with Gasteiger partial charge in [0.25, 0.3) is 0 Å². The van der Waals surface area contributed by atoms with Gasteiger partial charge in [-0.3, -0.25) is 0 Å². The molecule has 28 heavy (non-hydrogen) atoms. The molecule has 0 saturated heterocycles. The maximum atomic E-state index is 3.26. The normalized spacial score (nSPS) is 9.75. The Labute approximate surface area is 169 Å². The van der Waals surface area contributed by atoms with E-state index >= 15 is 0 Å². The van der Waals surface area contributed by atoms with Crippen LogP contribution < -0.4 is 0 Å². The molecule has 0 aliphatic rings. The summed E-state index contributed by atoms with van der Waals surface area (Å²) in [7, 11) is 0. The van der Waals surface area contributed by atoms with Gasteiger partial charge in [0.1, 0.15) is 0 Å². The lowest BCUT2D eigenvalue weighted by molar-refractivity contribution is 0.667. The van der Waals surface area contributed by atoms with E-state index in [0.717, 1.165) is 17.5 Å². The second-order valence-electron chi connectivity index (χ2n) is 6.92. The minimum absolute atomic E-state index is 0.988. The molecule has 0 bridgehead atoms. The van der Waals surface area contributed by atoms with Crippen molar-refractivity contribution in [1.82, 2.24) is 0 Å². The predicted octanol–water partition coefficient (Wildman–Crippen LogP) is 6.88. The first-order valence-electron chi connectivity index (χ1n) is 10.1. The highest BCUT2D eigenvalue weighted by atomic mass is 14.1. The molecule has 0 spiro atoms. The molecule has 0 atom stereocenters. The summed E-state index contributed by atoms with van der Waals surface area (Å²) in [6, 6.07) is 27.1. The maximum Gasteiger partial charge on any atom is 0.0334 e. The molecule has 0 nitrogen and oxygen atoms in total. The van der Waals surface area contributed by atoms with Gasteiger partial charge in [0.15, 0.2) is 0 Å². The van der Waals surface area contributed by atoms with Crippen molar-refractivity contribution in [3.8, 4) is 34.8 Å². The first-order chi connectivity index (χ1) is 13.9. The molecular formula is C28H26. The van der Waals surface area contributed by atoms with Crippen LogP contribution in [0.2, 0.25) is 0 Å². The van der Waals surface area contributed by atoms with Crippen molar-refractivity contribution >= 4 is 0 Å². The average Bonchev–Trinajstić information content (AvgIpc) is 2.76. The van der Waals surface area contributed by atoms with E-state index in [9.17, 15) is 0 Å². The van der Waals surface area contributed by atoms with Crippen molar-refractivity contribution in [2.75, 3.05) is 0 Å². The molecule has 0 aliphatic carbocycles. The molecule has 0 heteroatoms. The highest BCUT2D eigenvalue weighted by Crippen LogP contribution is 2.25. The fourth-order valence-corrected chi connectivity index (χ4v) is 3.19. The summed E-state index contributed by atoms with van der Waals surface area (Å²) in [6.07, 6.45) is 6.26. The molecule has 0 N–H and O–H groups in total. The van der Waals surface area contributed by atoms with E-state index in [0.29, 0.717) is 0 Å². The molecular weight excluding hydrogens is 336 g/mol. The Morgan fingerprint density at radius 3 is 2.14 bits per heavy atom. The number of aryl methyl sites for hydroxylation is 1. The summed E-state index contributed by atoms with van der Waals surface area (Å²) in [5, 5.41) is 0. The summed E-state index contributed by atoms with van der Waals surface area (Å²) >= 11 is 0. The fraction of sp³-hybridized carbons (Fsp3) is 0.214. The van der Waals surface area contributed by atoms with Gasteiger partial charge in [0.2, 0.25) is 0 Å². The molecule has 0 aliphatic heterocycles. The van der Waals surface area contributed by atoms with Gasteiger partial charge in [-0.15, -0.1) is 0 Å². The first-order valence-corrected chi connectivity index (χ1v) is 10.1. The van der Waals surface area contributed by atoms with Crippen molar-refractivity contribution in [2.24, 2.45) is 0 Å². The second-order valence-corrected chi connectivity index (χ2v) is 6.92. The summed E-state index contributed by atoms with van der Waals surface area (Å²) in [5.74, 6) is 12.4. The third kappa shape index (κ3) is 5.90. The van der Waals surface area contributed by atoms with Gasteiger partial charge in [0.05, 0.1) is 0 Å². The molecule has 0 fully saturated rings. The van der Waals surface area contributed by atoms with Gasteiger partial charge < -0.3 is 0 Å². The Morgan fingerprint density at radius 2 is 1.39 bits per heavy atom. The number of hydrogen-bond acceptors (Lipinski definition) is 0. The smallest absolute Gasteiger partial charge is 0.0334 e. The van der Waals surface area contributed by atoms with E-state index in [1.807, 2.05) is 30.3 Å². The van der Waals surface area contributed by atoms with E-state index in [-0.39, 0.29) is 0 Å². The number of hydrogen-bond donors (Lipinski definition) is 0. The highest BCUT2D eigenvalue weighted by molar-refractivity contribution is 5.72.